The second-order valence-corrected chi connectivity index (χ2v) is 7.74. The van der Waals surface area contributed by atoms with Crippen molar-refractivity contribution in [2.75, 3.05) is 12.9 Å². The number of ether oxygens (including phenoxy) is 6. The van der Waals surface area contributed by atoms with Gasteiger partial charge in [0.05, 0.1) is 6.61 Å². The van der Waals surface area contributed by atoms with E-state index in [0.717, 1.165) is 12.0 Å². The third-order valence-corrected chi connectivity index (χ3v) is 5.71. The Morgan fingerprint density at radius 1 is 1.15 bits per heavy atom. The van der Waals surface area contributed by atoms with Crippen LogP contribution in [0.5, 0.6) is 0 Å². The number of benzene rings is 1. The molecule has 0 bridgehead atoms. The molecule has 3 aliphatic rings. The first-order valence-corrected chi connectivity index (χ1v) is 10.4. The van der Waals surface area contributed by atoms with Crippen molar-refractivity contribution in [3.05, 3.63) is 35.9 Å². The Balaban J connectivity index is 1.56. The molecule has 3 saturated heterocycles. The number of hydrogen-bond donors (Lipinski definition) is 0. The predicted octanol–water partition coefficient (Wildman–Crippen LogP) is 3.01. The summed E-state index contributed by atoms with van der Waals surface area (Å²) in [5.41, 5.74) is 0.953. The summed E-state index contributed by atoms with van der Waals surface area (Å²) in [5.74, 6) is 0. The van der Waals surface area contributed by atoms with E-state index in [9.17, 15) is 0 Å². The number of thioether (sulfide) groups is 1. The molecule has 1 aromatic carbocycles. The lowest BCUT2D eigenvalue weighted by atomic mass is 9.97. The standard InChI is InChI=1S/C18H22O6S2/c1-3-12-21-15-14(24-18(25)26-2)13-11(20-17(15)22-12)9-19-16(23-13)10-7-5-4-6-8-10/h4-8,11-17H,3,9H2,1-2H3/t11-,12-,13+,14+,15-,16+,17-/m1/s1. The van der Waals surface area contributed by atoms with Crippen molar-refractivity contribution in [1.29, 1.82) is 0 Å². The molecule has 1 aromatic rings. The Labute approximate surface area is 162 Å². The van der Waals surface area contributed by atoms with E-state index >= 15 is 0 Å². The summed E-state index contributed by atoms with van der Waals surface area (Å²) in [6, 6.07) is 9.82. The van der Waals surface area contributed by atoms with Gasteiger partial charge in [-0.3, -0.25) is 0 Å². The maximum Gasteiger partial charge on any atom is 0.220 e. The van der Waals surface area contributed by atoms with Gasteiger partial charge in [-0.05, 0) is 24.9 Å². The summed E-state index contributed by atoms with van der Waals surface area (Å²) < 4.78 is 36.5. The van der Waals surface area contributed by atoms with E-state index in [1.54, 1.807) is 0 Å². The first-order valence-electron chi connectivity index (χ1n) is 8.72. The average Bonchev–Trinajstić information content (AvgIpc) is 3.11. The van der Waals surface area contributed by atoms with Crippen LogP contribution >= 0.6 is 24.0 Å². The smallest absolute Gasteiger partial charge is 0.220 e. The Hall–Kier alpha value is -0.740. The Morgan fingerprint density at radius 3 is 2.69 bits per heavy atom. The lowest BCUT2D eigenvalue weighted by Crippen LogP contribution is -2.61. The maximum atomic E-state index is 6.23. The fraction of sp³-hybridized carbons (Fsp3) is 0.611. The van der Waals surface area contributed by atoms with Crippen LogP contribution in [0.1, 0.15) is 25.2 Å². The Bertz CT molecular complexity index is 629. The zero-order chi connectivity index (χ0) is 18.1. The third-order valence-electron chi connectivity index (χ3n) is 4.68. The molecule has 3 heterocycles. The highest BCUT2D eigenvalue weighted by atomic mass is 32.2. The molecule has 0 aliphatic carbocycles. The van der Waals surface area contributed by atoms with Gasteiger partial charge >= 0.3 is 0 Å². The molecule has 6 nitrogen and oxygen atoms in total. The highest BCUT2D eigenvalue weighted by Gasteiger charge is 2.56. The average molecular weight is 399 g/mol. The molecule has 26 heavy (non-hydrogen) atoms. The summed E-state index contributed by atoms with van der Waals surface area (Å²) in [6.45, 7) is 2.39. The Kier molecular flexibility index (Phi) is 5.80. The van der Waals surface area contributed by atoms with Gasteiger partial charge in [0, 0.05) is 5.56 Å². The largest absolute Gasteiger partial charge is 0.469 e. The SMILES string of the molecule is CC[C@H]1O[C@H]2O[C@@H]3CO[C@H](c4ccccc4)O[C@@H]3[C@H](OC(=S)SC)[C@H]2O1. The van der Waals surface area contributed by atoms with Crippen LogP contribution in [0.4, 0.5) is 0 Å². The van der Waals surface area contributed by atoms with Gasteiger partial charge in [0.25, 0.3) is 0 Å². The van der Waals surface area contributed by atoms with E-state index in [0.29, 0.717) is 11.0 Å². The monoisotopic (exact) mass is 398 g/mol. The molecule has 0 saturated carbocycles. The summed E-state index contributed by atoms with van der Waals surface area (Å²) in [4.78, 5) is 0. The van der Waals surface area contributed by atoms with Gasteiger partial charge < -0.3 is 28.4 Å². The van der Waals surface area contributed by atoms with Gasteiger partial charge in [-0.1, -0.05) is 49.0 Å². The van der Waals surface area contributed by atoms with E-state index in [1.165, 1.54) is 11.8 Å². The van der Waals surface area contributed by atoms with Crippen molar-refractivity contribution in [3.63, 3.8) is 0 Å². The van der Waals surface area contributed by atoms with Gasteiger partial charge in [-0.25, -0.2) is 0 Å². The highest BCUT2D eigenvalue weighted by Crippen LogP contribution is 2.40. The molecule has 0 amide bonds. The molecule has 142 valence electrons. The molecule has 3 aliphatic heterocycles. The second kappa shape index (κ2) is 8.10. The minimum atomic E-state index is -0.503. The molecule has 0 spiro atoms. The Morgan fingerprint density at radius 2 is 1.96 bits per heavy atom. The van der Waals surface area contributed by atoms with Crippen molar-refractivity contribution in [1.82, 2.24) is 0 Å². The maximum absolute atomic E-state index is 6.23. The van der Waals surface area contributed by atoms with Gasteiger partial charge in [0.15, 0.2) is 31.1 Å². The summed E-state index contributed by atoms with van der Waals surface area (Å²) in [5, 5.41) is 0. The molecule has 0 unspecified atom stereocenters. The topological polar surface area (TPSA) is 55.4 Å². The molecule has 0 aromatic heterocycles. The molecule has 0 radical (unpaired) electrons. The van der Waals surface area contributed by atoms with Crippen molar-refractivity contribution in [3.8, 4) is 0 Å². The summed E-state index contributed by atoms with van der Waals surface area (Å²) in [6.07, 6.45) is -0.141. The van der Waals surface area contributed by atoms with Crippen LogP contribution in [0.15, 0.2) is 30.3 Å². The van der Waals surface area contributed by atoms with E-state index in [4.69, 9.17) is 40.6 Å². The van der Waals surface area contributed by atoms with Crippen LogP contribution in [-0.4, -0.2) is 54.2 Å². The molecule has 0 N–H and O–H groups in total. The van der Waals surface area contributed by atoms with Crippen molar-refractivity contribution in [2.24, 2.45) is 0 Å². The van der Waals surface area contributed by atoms with Crippen LogP contribution < -0.4 is 0 Å². The van der Waals surface area contributed by atoms with Crippen LogP contribution in [0.25, 0.3) is 0 Å². The third kappa shape index (κ3) is 3.64. The second-order valence-electron chi connectivity index (χ2n) is 6.33. The fourth-order valence-electron chi connectivity index (χ4n) is 3.42. The van der Waals surface area contributed by atoms with Gasteiger partial charge in [0.1, 0.15) is 12.2 Å². The first kappa shape index (κ1) is 18.6. The van der Waals surface area contributed by atoms with Crippen LogP contribution in [-0.2, 0) is 28.4 Å². The predicted molar refractivity (Wildman–Crippen MR) is 99.7 cm³/mol. The molecular formula is C18H22O6S2. The summed E-state index contributed by atoms with van der Waals surface area (Å²) >= 11 is 6.67. The number of fused-ring (bicyclic) bond motifs is 2. The first-order chi connectivity index (χ1) is 12.7. The molecular weight excluding hydrogens is 376 g/mol. The minimum Gasteiger partial charge on any atom is -0.469 e. The van der Waals surface area contributed by atoms with E-state index < -0.39 is 18.7 Å². The van der Waals surface area contributed by atoms with Crippen molar-refractivity contribution < 1.29 is 28.4 Å². The van der Waals surface area contributed by atoms with E-state index in [2.05, 4.69) is 0 Å². The molecule has 3 fully saturated rings. The zero-order valence-electron chi connectivity index (χ0n) is 14.6. The number of hydrogen-bond acceptors (Lipinski definition) is 8. The molecule has 7 atom stereocenters. The van der Waals surface area contributed by atoms with Crippen molar-refractivity contribution >= 4 is 28.4 Å². The van der Waals surface area contributed by atoms with Crippen LogP contribution in [0.3, 0.4) is 0 Å². The number of rotatable bonds is 3. The zero-order valence-corrected chi connectivity index (χ0v) is 16.2. The molecule has 4 rings (SSSR count). The van der Waals surface area contributed by atoms with Gasteiger partial charge in [-0.15, -0.1) is 0 Å². The number of thiocarbonyl (C=S) groups is 1. The highest BCUT2D eigenvalue weighted by molar-refractivity contribution is 8.22. The lowest BCUT2D eigenvalue weighted by Gasteiger charge is -2.46. The minimum absolute atomic E-state index is 0.301. The summed E-state index contributed by atoms with van der Waals surface area (Å²) in [7, 11) is 0. The van der Waals surface area contributed by atoms with Crippen LogP contribution in [0.2, 0.25) is 0 Å². The molecule has 8 heteroatoms. The van der Waals surface area contributed by atoms with Crippen LogP contribution in [0, 0.1) is 0 Å². The van der Waals surface area contributed by atoms with Crippen molar-refractivity contribution in [2.45, 2.75) is 56.6 Å². The van der Waals surface area contributed by atoms with E-state index in [-0.39, 0.29) is 24.6 Å². The van der Waals surface area contributed by atoms with Gasteiger partial charge in [0.2, 0.25) is 4.38 Å². The quantitative estimate of drug-likeness (QED) is 0.721. The van der Waals surface area contributed by atoms with Gasteiger partial charge in [-0.2, -0.15) is 0 Å². The fourth-order valence-corrected chi connectivity index (χ4v) is 3.74. The normalized spacial score (nSPS) is 39.1. The lowest BCUT2D eigenvalue weighted by molar-refractivity contribution is -0.335. The van der Waals surface area contributed by atoms with E-state index in [1.807, 2.05) is 43.5 Å².